The molecule has 0 spiro atoms. The van der Waals surface area contributed by atoms with Crippen molar-refractivity contribution in [3.05, 3.63) is 53.4 Å². The minimum Gasteiger partial charge on any atom is -0.377 e. The molecule has 1 aromatic carbocycles. The quantitative estimate of drug-likeness (QED) is 0.828. The molecule has 1 aromatic rings. The van der Waals surface area contributed by atoms with Gasteiger partial charge in [0.1, 0.15) is 0 Å². The monoisotopic (exact) mass is 268 g/mol. The summed E-state index contributed by atoms with van der Waals surface area (Å²) in [6.07, 6.45) is -0.466. The van der Waals surface area contributed by atoms with Gasteiger partial charge in [-0.3, -0.25) is 4.79 Å². The Hall–Kier alpha value is -2.24. The number of dihydropyridines is 1. The number of anilines is 1. The first-order valence-electron chi connectivity index (χ1n) is 5.53. The van der Waals surface area contributed by atoms with Gasteiger partial charge < -0.3 is 10.6 Å². The Kier molecular flexibility index (Phi) is 3.59. The molecule has 6 heteroatoms. The van der Waals surface area contributed by atoms with Crippen LogP contribution in [0.3, 0.4) is 0 Å². The van der Waals surface area contributed by atoms with Crippen LogP contribution in [0.5, 0.6) is 0 Å². The van der Waals surface area contributed by atoms with Crippen molar-refractivity contribution < 1.29 is 18.0 Å². The molecule has 2 rings (SSSR count). The molecule has 0 bridgehead atoms. The van der Waals surface area contributed by atoms with Gasteiger partial charge in [0.2, 0.25) is 0 Å². The number of hydrogen-bond donors (Lipinski definition) is 2. The minimum absolute atomic E-state index is 0.353. The van der Waals surface area contributed by atoms with Crippen LogP contribution in [0.25, 0.3) is 0 Å². The summed E-state index contributed by atoms with van der Waals surface area (Å²) in [5, 5.41) is 5.70. The maximum Gasteiger partial charge on any atom is 0.416 e. The maximum absolute atomic E-state index is 12.5. The highest BCUT2D eigenvalue weighted by Crippen LogP contribution is 2.30. The largest absolute Gasteiger partial charge is 0.416 e. The van der Waals surface area contributed by atoms with Crippen LogP contribution in [0.4, 0.5) is 18.9 Å². The van der Waals surface area contributed by atoms with E-state index in [4.69, 9.17) is 0 Å². The van der Waals surface area contributed by atoms with Crippen molar-refractivity contribution in [1.29, 1.82) is 0 Å². The summed E-state index contributed by atoms with van der Waals surface area (Å²) in [6, 6.07) is 4.95. The van der Waals surface area contributed by atoms with Crippen molar-refractivity contribution in [3.63, 3.8) is 0 Å². The van der Waals surface area contributed by atoms with E-state index in [9.17, 15) is 18.0 Å². The molecule has 0 amide bonds. The van der Waals surface area contributed by atoms with Crippen molar-refractivity contribution in [1.82, 2.24) is 5.32 Å². The van der Waals surface area contributed by atoms with E-state index in [1.807, 2.05) is 0 Å². The van der Waals surface area contributed by atoms with Crippen molar-refractivity contribution in [2.45, 2.75) is 6.18 Å². The Labute approximate surface area is 107 Å². The molecule has 0 aromatic heterocycles. The number of aldehydes is 1. The van der Waals surface area contributed by atoms with Gasteiger partial charge in [0.15, 0.2) is 6.29 Å². The standard InChI is InChI=1S/C13H11F3N2O/c14-13(15,16)9-2-1-3-10(6-9)18-11-4-5-12(8-19)17-7-11/h1-6,8,17-18H,7H2. The maximum atomic E-state index is 12.5. The smallest absolute Gasteiger partial charge is 0.377 e. The molecule has 1 heterocycles. The zero-order valence-electron chi connectivity index (χ0n) is 9.79. The van der Waals surface area contributed by atoms with E-state index >= 15 is 0 Å². The van der Waals surface area contributed by atoms with Gasteiger partial charge in [-0.15, -0.1) is 0 Å². The number of nitrogens with one attached hydrogen (secondary N) is 2. The van der Waals surface area contributed by atoms with Crippen LogP contribution in [-0.2, 0) is 11.0 Å². The highest BCUT2D eigenvalue weighted by Gasteiger charge is 2.30. The second-order valence-electron chi connectivity index (χ2n) is 3.99. The highest BCUT2D eigenvalue weighted by atomic mass is 19.4. The molecule has 0 unspecified atom stereocenters. The molecule has 0 radical (unpaired) electrons. The molecule has 0 atom stereocenters. The fourth-order valence-electron chi connectivity index (χ4n) is 1.63. The van der Waals surface area contributed by atoms with Crippen LogP contribution in [0, 0.1) is 0 Å². The Morgan fingerprint density at radius 1 is 1.26 bits per heavy atom. The van der Waals surface area contributed by atoms with Gasteiger partial charge in [0.25, 0.3) is 0 Å². The van der Waals surface area contributed by atoms with Gasteiger partial charge in [-0.05, 0) is 30.4 Å². The fourth-order valence-corrected chi connectivity index (χ4v) is 1.63. The Morgan fingerprint density at radius 3 is 2.63 bits per heavy atom. The normalized spacial score (nSPS) is 15.1. The van der Waals surface area contributed by atoms with Gasteiger partial charge in [0, 0.05) is 11.4 Å². The highest BCUT2D eigenvalue weighted by molar-refractivity contribution is 5.73. The van der Waals surface area contributed by atoms with E-state index in [1.165, 1.54) is 6.07 Å². The minimum atomic E-state index is -4.36. The summed E-state index contributed by atoms with van der Waals surface area (Å²) in [5.41, 5.74) is 0.774. The van der Waals surface area contributed by atoms with Crippen LogP contribution >= 0.6 is 0 Å². The molecule has 0 aliphatic carbocycles. The second-order valence-corrected chi connectivity index (χ2v) is 3.99. The van der Waals surface area contributed by atoms with Crippen LogP contribution in [-0.4, -0.2) is 12.8 Å². The molecule has 0 saturated carbocycles. The molecule has 100 valence electrons. The molecular formula is C13H11F3N2O. The Balaban J connectivity index is 2.14. The number of alkyl halides is 3. The summed E-state index contributed by atoms with van der Waals surface area (Å²) in [6.45, 7) is 0.362. The van der Waals surface area contributed by atoms with Crippen LogP contribution in [0.15, 0.2) is 47.8 Å². The average molecular weight is 268 g/mol. The number of benzene rings is 1. The first-order valence-corrected chi connectivity index (χ1v) is 5.53. The van der Waals surface area contributed by atoms with Crippen LogP contribution in [0.1, 0.15) is 5.56 Å². The van der Waals surface area contributed by atoms with E-state index in [0.717, 1.165) is 12.1 Å². The van der Waals surface area contributed by atoms with Crippen molar-refractivity contribution in [3.8, 4) is 0 Å². The van der Waals surface area contributed by atoms with E-state index < -0.39 is 11.7 Å². The molecule has 0 fully saturated rings. The van der Waals surface area contributed by atoms with E-state index in [0.29, 0.717) is 29.9 Å². The van der Waals surface area contributed by atoms with Crippen molar-refractivity contribution in [2.24, 2.45) is 0 Å². The van der Waals surface area contributed by atoms with Crippen LogP contribution in [0.2, 0.25) is 0 Å². The van der Waals surface area contributed by atoms with Gasteiger partial charge >= 0.3 is 6.18 Å². The average Bonchev–Trinajstić information content (AvgIpc) is 2.39. The molecule has 0 saturated heterocycles. The predicted molar refractivity (Wildman–Crippen MR) is 65.3 cm³/mol. The SMILES string of the molecule is O=CC1=CC=C(Nc2cccc(C(F)(F)F)c2)CN1. The van der Waals surface area contributed by atoms with Gasteiger partial charge in [0.05, 0.1) is 17.8 Å². The third-order valence-electron chi connectivity index (χ3n) is 2.57. The lowest BCUT2D eigenvalue weighted by atomic mass is 10.2. The number of hydrogen-bond acceptors (Lipinski definition) is 3. The first kappa shape index (κ1) is 13.2. The van der Waals surface area contributed by atoms with Gasteiger partial charge in [-0.25, -0.2) is 0 Å². The summed E-state index contributed by atoms with van der Waals surface area (Å²) >= 11 is 0. The molecule has 19 heavy (non-hydrogen) atoms. The van der Waals surface area contributed by atoms with E-state index in [-0.39, 0.29) is 0 Å². The predicted octanol–water partition coefficient (Wildman–Crippen LogP) is 2.69. The number of carbonyl (C=O) groups excluding carboxylic acids is 1. The summed E-state index contributed by atoms with van der Waals surface area (Å²) in [4.78, 5) is 10.5. The third kappa shape index (κ3) is 3.37. The first-order chi connectivity index (χ1) is 8.99. The molecule has 1 aliphatic rings. The number of rotatable bonds is 3. The number of allylic oxidation sites excluding steroid dienone is 3. The van der Waals surface area contributed by atoms with E-state index in [1.54, 1.807) is 18.2 Å². The van der Waals surface area contributed by atoms with Gasteiger partial charge in [-0.2, -0.15) is 13.2 Å². The molecule has 2 N–H and O–H groups in total. The zero-order chi connectivity index (χ0) is 13.9. The Morgan fingerprint density at radius 2 is 2.05 bits per heavy atom. The molecule has 1 aliphatic heterocycles. The molecule has 3 nitrogen and oxygen atoms in total. The molecular weight excluding hydrogens is 257 g/mol. The third-order valence-corrected chi connectivity index (χ3v) is 2.57. The fraction of sp³-hybridized carbons (Fsp3) is 0.154. The summed E-state index contributed by atoms with van der Waals surface area (Å²) in [5.74, 6) is 0. The van der Waals surface area contributed by atoms with Crippen LogP contribution < -0.4 is 10.6 Å². The zero-order valence-corrected chi connectivity index (χ0v) is 9.79. The number of halogens is 3. The summed E-state index contributed by atoms with van der Waals surface area (Å²) in [7, 11) is 0. The van der Waals surface area contributed by atoms with Crippen molar-refractivity contribution in [2.75, 3.05) is 11.9 Å². The Bertz CT molecular complexity index is 547. The topological polar surface area (TPSA) is 41.1 Å². The lowest BCUT2D eigenvalue weighted by molar-refractivity contribution is -0.137. The summed E-state index contributed by atoms with van der Waals surface area (Å²) < 4.78 is 37.6. The number of carbonyl (C=O) groups is 1. The lowest BCUT2D eigenvalue weighted by Gasteiger charge is -2.16. The van der Waals surface area contributed by atoms with Crippen molar-refractivity contribution >= 4 is 12.0 Å². The van der Waals surface area contributed by atoms with Gasteiger partial charge in [-0.1, -0.05) is 6.07 Å². The van der Waals surface area contributed by atoms with E-state index in [2.05, 4.69) is 10.6 Å². The lowest BCUT2D eigenvalue weighted by Crippen LogP contribution is -2.23. The second kappa shape index (κ2) is 5.17.